The lowest BCUT2D eigenvalue weighted by atomic mass is 10.2. The first kappa shape index (κ1) is 17.0. The molecule has 8 heteroatoms. The summed E-state index contributed by atoms with van der Waals surface area (Å²) in [6.45, 7) is 0.536. The van der Waals surface area contributed by atoms with E-state index in [-0.39, 0.29) is 22.4 Å². The Morgan fingerprint density at radius 1 is 1.12 bits per heavy atom. The summed E-state index contributed by atoms with van der Waals surface area (Å²) < 4.78 is 53.9. The number of fused-ring (bicyclic) bond motifs is 1. The van der Waals surface area contributed by atoms with E-state index in [4.69, 9.17) is 0 Å². The number of carbonyl (C=O) groups is 1. The highest BCUT2D eigenvalue weighted by atomic mass is 32.2. The van der Waals surface area contributed by atoms with Gasteiger partial charge >= 0.3 is 0 Å². The van der Waals surface area contributed by atoms with Crippen LogP contribution in [0.3, 0.4) is 0 Å². The maximum atomic E-state index is 13.7. The van der Waals surface area contributed by atoms with E-state index in [1.54, 1.807) is 11.0 Å². The number of anilines is 2. The van der Waals surface area contributed by atoms with Gasteiger partial charge in [-0.05, 0) is 55.2 Å². The van der Waals surface area contributed by atoms with Gasteiger partial charge in [0.15, 0.2) is 0 Å². The van der Waals surface area contributed by atoms with Crippen LogP contribution in [0.2, 0.25) is 0 Å². The second-order valence-corrected chi connectivity index (χ2v) is 8.22. The number of sulfonamides is 1. The molecule has 2 aromatic rings. The molecule has 2 aliphatic rings. The van der Waals surface area contributed by atoms with Gasteiger partial charge in [-0.3, -0.25) is 9.52 Å². The summed E-state index contributed by atoms with van der Waals surface area (Å²) in [5.74, 6) is -1.60. The highest BCUT2D eigenvalue weighted by Crippen LogP contribution is 2.37. The SMILES string of the molecule is O=C(C1CC1)N1CCc2cc(S(=O)(=O)Nc3ccc(F)cc3F)ccc21. The van der Waals surface area contributed by atoms with E-state index in [1.807, 2.05) is 0 Å². The fourth-order valence-electron chi connectivity index (χ4n) is 3.10. The second kappa shape index (κ2) is 6.05. The number of halogens is 2. The molecule has 0 bridgehead atoms. The van der Waals surface area contributed by atoms with Crippen LogP contribution in [0.25, 0.3) is 0 Å². The van der Waals surface area contributed by atoms with Gasteiger partial charge in [-0.15, -0.1) is 0 Å². The summed E-state index contributed by atoms with van der Waals surface area (Å²) in [5.41, 5.74) is 1.17. The number of carbonyl (C=O) groups excluding carboxylic acids is 1. The third-order valence-electron chi connectivity index (χ3n) is 4.62. The third-order valence-corrected chi connectivity index (χ3v) is 5.99. The van der Waals surface area contributed by atoms with E-state index in [2.05, 4.69) is 4.72 Å². The van der Waals surface area contributed by atoms with E-state index in [9.17, 15) is 22.0 Å². The van der Waals surface area contributed by atoms with Crippen LogP contribution in [0.4, 0.5) is 20.2 Å². The fourth-order valence-corrected chi connectivity index (χ4v) is 4.22. The Labute approximate surface area is 149 Å². The zero-order valence-corrected chi connectivity index (χ0v) is 14.5. The van der Waals surface area contributed by atoms with E-state index in [0.29, 0.717) is 19.0 Å². The van der Waals surface area contributed by atoms with Crippen molar-refractivity contribution in [3.8, 4) is 0 Å². The van der Waals surface area contributed by atoms with Gasteiger partial charge in [-0.2, -0.15) is 0 Å². The van der Waals surface area contributed by atoms with Crippen LogP contribution in [0.15, 0.2) is 41.3 Å². The second-order valence-electron chi connectivity index (χ2n) is 6.53. The number of amides is 1. The van der Waals surface area contributed by atoms with Crippen molar-refractivity contribution in [2.24, 2.45) is 5.92 Å². The molecule has 0 spiro atoms. The first-order chi connectivity index (χ1) is 12.3. The van der Waals surface area contributed by atoms with Gasteiger partial charge < -0.3 is 4.90 Å². The maximum Gasteiger partial charge on any atom is 0.261 e. The summed E-state index contributed by atoms with van der Waals surface area (Å²) in [7, 11) is -4.03. The van der Waals surface area contributed by atoms with Crippen molar-refractivity contribution in [3.63, 3.8) is 0 Å². The number of nitrogens with zero attached hydrogens (tertiary/aromatic N) is 1. The molecule has 1 aliphatic heterocycles. The number of nitrogens with one attached hydrogen (secondary N) is 1. The molecule has 2 aromatic carbocycles. The van der Waals surface area contributed by atoms with Crippen molar-refractivity contribution in [1.82, 2.24) is 0 Å². The number of hydrogen-bond acceptors (Lipinski definition) is 3. The smallest absolute Gasteiger partial charge is 0.261 e. The summed E-state index contributed by atoms with van der Waals surface area (Å²) in [6.07, 6.45) is 2.39. The third kappa shape index (κ3) is 3.05. The fraction of sp³-hybridized carbons (Fsp3) is 0.278. The minimum absolute atomic E-state index is 0.0271. The normalized spacial score (nSPS) is 16.5. The monoisotopic (exact) mass is 378 g/mol. The Morgan fingerprint density at radius 3 is 2.58 bits per heavy atom. The molecule has 1 fully saturated rings. The predicted octanol–water partition coefficient (Wildman–Crippen LogP) is 3.06. The standard InChI is InChI=1S/C18H16F2N2O3S/c19-13-3-5-16(15(20)10-13)21-26(24,25)14-4-6-17-12(9-14)7-8-22(17)18(23)11-1-2-11/h3-6,9-11,21H,1-2,7-8H2. The molecule has 1 aliphatic carbocycles. The summed E-state index contributed by atoms with van der Waals surface area (Å²) in [5, 5.41) is 0. The zero-order chi connectivity index (χ0) is 18.5. The molecule has 0 unspecified atom stereocenters. The van der Waals surface area contributed by atoms with Gasteiger partial charge in [0.25, 0.3) is 10.0 Å². The van der Waals surface area contributed by atoms with E-state index >= 15 is 0 Å². The minimum Gasteiger partial charge on any atom is -0.312 e. The number of rotatable bonds is 4. The largest absolute Gasteiger partial charge is 0.312 e. The van der Waals surface area contributed by atoms with Crippen LogP contribution in [0.5, 0.6) is 0 Å². The molecule has 0 aromatic heterocycles. The quantitative estimate of drug-likeness (QED) is 0.889. The van der Waals surface area contributed by atoms with Gasteiger partial charge in [0.05, 0.1) is 10.6 Å². The van der Waals surface area contributed by atoms with Gasteiger partial charge in [0.2, 0.25) is 5.91 Å². The van der Waals surface area contributed by atoms with E-state index in [1.165, 1.54) is 12.1 Å². The highest BCUT2D eigenvalue weighted by Gasteiger charge is 2.36. The minimum atomic E-state index is -4.03. The lowest BCUT2D eigenvalue weighted by Gasteiger charge is -2.17. The Morgan fingerprint density at radius 2 is 1.88 bits per heavy atom. The van der Waals surface area contributed by atoms with Gasteiger partial charge in [0.1, 0.15) is 11.6 Å². The first-order valence-corrected chi connectivity index (χ1v) is 9.76. The molecule has 1 amide bonds. The molecular formula is C18H16F2N2O3S. The van der Waals surface area contributed by atoms with Gasteiger partial charge in [-0.25, -0.2) is 17.2 Å². The van der Waals surface area contributed by atoms with E-state index < -0.39 is 21.7 Å². The van der Waals surface area contributed by atoms with Crippen molar-refractivity contribution >= 4 is 27.3 Å². The van der Waals surface area contributed by atoms with Crippen LogP contribution < -0.4 is 9.62 Å². The average molecular weight is 378 g/mol. The Bertz CT molecular complexity index is 1000. The average Bonchev–Trinajstić information content (AvgIpc) is 3.36. The highest BCUT2D eigenvalue weighted by molar-refractivity contribution is 7.92. The molecule has 26 heavy (non-hydrogen) atoms. The molecule has 5 nitrogen and oxygen atoms in total. The molecule has 0 atom stereocenters. The van der Waals surface area contributed by atoms with E-state index in [0.717, 1.165) is 36.2 Å². The van der Waals surface area contributed by atoms with Crippen LogP contribution in [0, 0.1) is 17.6 Å². The lowest BCUT2D eigenvalue weighted by molar-refractivity contribution is -0.119. The summed E-state index contributed by atoms with van der Waals surface area (Å²) in [6, 6.07) is 7.12. The number of benzene rings is 2. The number of hydrogen-bond donors (Lipinski definition) is 1. The molecule has 1 heterocycles. The molecule has 4 rings (SSSR count). The first-order valence-electron chi connectivity index (χ1n) is 8.27. The predicted molar refractivity (Wildman–Crippen MR) is 92.4 cm³/mol. The van der Waals surface area contributed by atoms with Crippen LogP contribution in [-0.4, -0.2) is 20.9 Å². The lowest BCUT2D eigenvalue weighted by Crippen LogP contribution is -2.30. The molecule has 1 N–H and O–H groups in total. The topological polar surface area (TPSA) is 66.5 Å². The van der Waals surface area contributed by atoms with Crippen LogP contribution in [-0.2, 0) is 21.2 Å². The zero-order valence-electron chi connectivity index (χ0n) is 13.7. The van der Waals surface area contributed by atoms with Crippen molar-refractivity contribution in [2.75, 3.05) is 16.2 Å². The molecule has 0 radical (unpaired) electrons. The van der Waals surface area contributed by atoms with Gasteiger partial charge in [0, 0.05) is 24.2 Å². The summed E-state index contributed by atoms with van der Waals surface area (Å²) in [4.78, 5) is 14.0. The van der Waals surface area contributed by atoms with Crippen molar-refractivity contribution in [2.45, 2.75) is 24.2 Å². The Balaban J connectivity index is 1.61. The van der Waals surface area contributed by atoms with Gasteiger partial charge in [-0.1, -0.05) is 0 Å². The maximum absolute atomic E-state index is 13.7. The van der Waals surface area contributed by atoms with Crippen LogP contribution in [0.1, 0.15) is 18.4 Å². The van der Waals surface area contributed by atoms with Crippen molar-refractivity contribution < 1.29 is 22.0 Å². The Hall–Kier alpha value is -2.48. The molecule has 136 valence electrons. The molecular weight excluding hydrogens is 362 g/mol. The summed E-state index contributed by atoms with van der Waals surface area (Å²) >= 11 is 0. The van der Waals surface area contributed by atoms with Crippen LogP contribution >= 0.6 is 0 Å². The van der Waals surface area contributed by atoms with Crippen molar-refractivity contribution in [3.05, 3.63) is 53.6 Å². The molecule has 1 saturated carbocycles. The Kier molecular flexibility index (Phi) is 3.95. The van der Waals surface area contributed by atoms with Crippen molar-refractivity contribution in [1.29, 1.82) is 0 Å². The molecule has 0 saturated heterocycles.